The number of ether oxygens (including phenoxy) is 1. The summed E-state index contributed by atoms with van der Waals surface area (Å²) in [6.07, 6.45) is 1.44. The monoisotopic (exact) mass is 399 g/mol. The topological polar surface area (TPSA) is 64.3 Å². The van der Waals surface area contributed by atoms with E-state index in [2.05, 4.69) is 20.4 Å². The first kappa shape index (κ1) is 17.6. The second-order valence-electron chi connectivity index (χ2n) is 5.78. The number of hydrogen-bond acceptors (Lipinski definition) is 5. The van der Waals surface area contributed by atoms with E-state index < -0.39 is 0 Å². The molecule has 4 rings (SSSR count). The quantitative estimate of drug-likeness (QED) is 0.491. The molecule has 0 aliphatic carbocycles. The van der Waals surface area contributed by atoms with Crippen LogP contribution in [0.5, 0.6) is 5.75 Å². The number of aromatic nitrogens is 4. The van der Waals surface area contributed by atoms with E-state index in [-0.39, 0.29) is 5.15 Å². The molecule has 0 bridgehead atoms. The summed E-state index contributed by atoms with van der Waals surface area (Å²) in [4.78, 5) is 8.48. The van der Waals surface area contributed by atoms with Gasteiger partial charge in [-0.05, 0) is 23.8 Å². The number of fused-ring (bicyclic) bond motifs is 1. The van der Waals surface area contributed by atoms with Crippen molar-refractivity contribution in [2.24, 2.45) is 0 Å². The third kappa shape index (κ3) is 3.41. The van der Waals surface area contributed by atoms with Crippen molar-refractivity contribution in [3.05, 3.63) is 70.6 Å². The predicted molar refractivity (Wildman–Crippen MR) is 107 cm³/mol. The Balaban J connectivity index is 1.85. The van der Waals surface area contributed by atoms with Crippen molar-refractivity contribution in [3.8, 4) is 16.9 Å². The normalized spacial score (nSPS) is 10.9. The average molecular weight is 400 g/mol. The fourth-order valence-electron chi connectivity index (χ4n) is 2.83. The van der Waals surface area contributed by atoms with Crippen molar-refractivity contribution in [3.63, 3.8) is 0 Å². The van der Waals surface area contributed by atoms with Crippen LogP contribution in [0.1, 0.15) is 5.56 Å². The summed E-state index contributed by atoms with van der Waals surface area (Å²) in [6.45, 7) is 0.580. The van der Waals surface area contributed by atoms with Crippen LogP contribution in [0.2, 0.25) is 10.2 Å². The van der Waals surface area contributed by atoms with E-state index in [0.29, 0.717) is 34.5 Å². The number of nitrogens with zero attached hydrogens (tertiary/aromatic N) is 4. The summed E-state index contributed by atoms with van der Waals surface area (Å²) >= 11 is 13.0. The van der Waals surface area contributed by atoms with E-state index in [1.807, 2.05) is 42.5 Å². The molecule has 2 aromatic heterocycles. The van der Waals surface area contributed by atoms with Crippen molar-refractivity contribution in [2.45, 2.75) is 6.54 Å². The summed E-state index contributed by atoms with van der Waals surface area (Å²) in [7, 11) is 1.59. The second-order valence-corrected chi connectivity index (χ2v) is 6.55. The highest BCUT2D eigenvalue weighted by Crippen LogP contribution is 2.39. The van der Waals surface area contributed by atoms with Crippen LogP contribution in [0.25, 0.3) is 16.9 Å². The zero-order valence-electron chi connectivity index (χ0n) is 14.4. The molecule has 0 aliphatic heterocycles. The Kier molecular flexibility index (Phi) is 4.83. The molecule has 1 N–H and O–H groups in total. The average Bonchev–Trinajstić information content (AvgIpc) is 3.15. The fraction of sp³-hybridized carbons (Fsp3) is 0.105. The van der Waals surface area contributed by atoms with Gasteiger partial charge in [0.25, 0.3) is 5.78 Å². The summed E-state index contributed by atoms with van der Waals surface area (Å²) in [6, 6.07) is 15.4. The smallest absolute Gasteiger partial charge is 0.255 e. The molecule has 0 atom stereocenters. The Morgan fingerprint density at radius 1 is 1.11 bits per heavy atom. The van der Waals surface area contributed by atoms with Gasteiger partial charge in [0, 0.05) is 12.1 Å². The van der Waals surface area contributed by atoms with Crippen LogP contribution >= 0.6 is 23.2 Å². The lowest BCUT2D eigenvalue weighted by Crippen LogP contribution is -2.09. The number of rotatable bonds is 5. The molecule has 27 heavy (non-hydrogen) atoms. The van der Waals surface area contributed by atoms with Gasteiger partial charge in [-0.1, -0.05) is 53.5 Å². The van der Waals surface area contributed by atoms with Crippen molar-refractivity contribution in [1.82, 2.24) is 19.6 Å². The lowest BCUT2D eigenvalue weighted by molar-refractivity contribution is 0.415. The zero-order chi connectivity index (χ0) is 18.8. The van der Waals surface area contributed by atoms with Gasteiger partial charge in [-0.2, -0.15) is 19.6 Å². The first-order chi connectivity index (χ1) is 13.2. The molecule has 0 spiro atoms. The van der Waals surface area contributed by atoms with E-state index in [1.165, 1.54) is 6.33 Å². The molecular weight excluding hydrogens is 385 g/mol. The molecule has 2 aromatic carbocycles. The Morgan fingerprint density at radius 3 is 2.67 bits per heavy atom. The Labute approximate surface area is 165 Å². The highest BCUT2D eigenvalue weighted by Gasteiger charge is 2.19. The summed E-state index contributed by atoms with van der Waals surface area (Å²) in [5, 5.41) is 8.47. The summed E-state index contributed by atoms with van der Waals surface area (Å²) in [5.74, 6) is 1.73. The van der Waals surface area contributed by atoms with Crippen LogP contribution < -0.4 is 10.1 Å². The minimum Gasteiger partial charge on any atom is -0.497 e. The van der Waals surface area contributed by atoms with Crippen LogP contribution in [0.15, 0.2) is 54.9 Å². The van der Waals surface area contributed by atoms with Crippen LogP contribution in [0.3, 0.4) is 0 Å². The fourth-order valence-corrected chi connectivity index (χ4v) is 3.36. The lowest BCUT2D eigenvalue weighted by atomic mass is 10.1. The molecule has 0 radical (unpaired) electrons. The highest BCUT2D eigenvalue weighted by molar-refractivity contribution is 6.36. The molecular formula is C19H15Cl2N5O. The number of halogens is 2. The minimum atomic E-state index is 0.290. The van der Waals surface area contributed by atoms with E-state index >= 15 is 0 Å². The van der Waals surface area contributed by atoms with E-state index in [4.69, 9.17) is 27.9 Å². The van der Waals surface area contributed by atoms with Gasteiger partial charge in [0.05, 0.1) is 17.7 Å². The summed E-state index contributed by atoms with van der Waals surface area (Å²) < 4.78 is 6.85. The molecule has 0 saturated carbocycles. The Hall–Kier alpha value is -2.83. The van der Waals surface area contributed by atoms with Gasteiger partial charge in [0.1, 0.15) is 23.0 Å². The lowest BCUT2D eigenvalue weighted by Gasteiger charge is -2.16. The van der Waals surface area contributed by atoms with Crippen molar-refractivity contribution in [2.75, 3.05) is 12.4 Å². The molecule has 0 unspecified atom stereocenters. The maximum absolute atomic E-state index is 6.51. The number of nitrogens with one attached hydrogen (secondary N) is 1. The first-order valence-electron chi connectivity index (χ1n) is 8.18. The van der Waals surface area contributed by atoms with E-state index in [0.717, 1.165) is 11.1 Å². The predicted octanol–water partition coefficient (Wildman–Crippen LogP) is 4.72. The highest BCUT2D eigenvalue weighted by atomic mass is 35.5. The summed E-state index contributed by atoms with van der Waals surface area (Å²) in [5.41, 5.74) is 2.49. The molecule has 0 aliphatic rings. The molecule has 136 valence electrons. The van der Waals surface area contributed by atoms with Crippen molar-refractivity contribution >= 4 is 34.8 Å². The Bertz CT molecular complexity index is 1100. The maximum Gasteiger partial charge on any atom is 0.255 e. The number of anilines is 1. The number of hydrogen-bond donors (Lipinski definition) is 1. The molecule has 4 aromatic rings. The molecule has 6 nitrogen and oxygen atoms in total. The molecule has 8 heteroatoms. The minimum absolute atomic E-state index is 0.290. The number of methoxy groups -OCH3 is 1. The molecule has 0 fully saturated rings. The third-order valence-electron chi connectivity index (χ3n) is 4.13. The van der Waals surface area contributed by atoms with Gasteiger partial charge in [-0.25, -0.2) is 0 Å². The van der Waals surface area contributed by atoms with Gasteiger partial charge >= 0.3 is 0 Å². The number of benzene rings is 2. The van der Waals surface area contributed by atoms with E-state index in [1.54, 1.807) is 17.7 Å². The van der Waals surface area contributed by atoms with Gasteiger partial charge in [-0.15, -0.1) is 0 Å². The Morgan fingerprint density at radius 2 is 1.93 bits per heavy atom. The SMILES string of the molecule is COc1ccc(-c2c(Cl)nc3ncnn3c2NCc2ccccc2)c(Cl)c1. The standard InChI is InChI=1S/C19H15Cl2N5O/c1-27-13-7-8-14(15(20)9-13)16-17(21)25-19-23-11-24-26(19)18(16)22-10-12-5-3-2-4-6-12/h2-9,11,22H,10H2,1H3. The molecule has 2 heterocycles. The second kappa shape index (κ2) is 7.42. The van der Waals surface area contributed by atoms with Gasteiger partial charge in [0.15, 0.2) is 0 Å². The van der Waals surface area contributed by atoms with E-state index in [9.17, 15) is 0 Å². The van der Waals surface area contributed by atoms with Crippen molar-refractivity contribution < 1.29 is 4.74 Å². The molecule has 0 amide bonds. The van der Waals surface area contributed by atoms with Gasteiger partial charge in [0.2, 0.25) is 0 Å². The zero-order valence-corrected chi connectivity index (χ0v) is 15.9. The first-order valence-corrected chi connectivity index (χ1v) is 8.94. The third-order valence-corrected chi connectivity index (χ3v) is 4.72. The molecule has 0 saturated heterocycles. The van der Waals surface area contributed by atoms with Gasteiger partial charge < -0.3 is 10.1 Å². The van der Waals surface area contributed by atoms with Crippen molar-refractivity contribution in [1.29, 1.82) is 0 Å². The van der Waals surface area contributed by atoms with Gasteiger partial charge in [-0.3, -0.25) is 0 Å². The van der Waals surface area contributed by atoms with Crippen LogP contribution in [-0.2, 0) is 6.54 Å². The van der Waals surface area contributed by atoms with Crippen LogP contribution in [0.4, 0.5) is 5.82 Å². The largest absolute Gasteiger partial charge is 0.497 e. The maximum atomic E-state index is 6.51. The van der Waals surface area contributed by atoms with Crippen LogP contribution in [0, 0.1) is 0 Å². The van der Waals surface area contributed by atoms with Crippen LogP contribution in [-0.4, -0.2) is 26.7 Å².